The minimum Gasteiger partial charge on any atom is -0.416 e. The predicted molar refractivity (Wildman–Crippen MR) is 69.5 cm³/mol. The molecule has 0 unspecified atom stereocenters. The molecule has 18 heavy (non-hydrogen) atoms. The van der Waals surface area contributed by atoms with Gasteiger partial charge in [0.25, 0.3) is 5.22 Å². The summed E-state index contributed by atoms with van der Waals surface area (Å²) in [6.07, 6.45) is 3.47. The Hall–Kier alpha value is -1.04. The molecular formula is C12H19N3O2S. The summed E-state index contributed by atoms with van der Waals surface area (Å²) >= 11 is 1.33. The molecule has 2 rings (SSSR count). The smallest absolute Gasteiger partial charge is 0.277 e. The van der Waals surface area contributed by atoms with Gasteiger partial charge >= 0.3 is 0 Å². The first kappa shape index (κ1) is 13.4. The van der Waals surface area contributed by atoms with Crippen LogP contribution in [0.5, 0.6) is 0 Å². The van der Waals surface area contributed by atoms with E-state index in [1.165, 1.54) is 18.2 Å². The van der Waals surface area contributed by atoms with Crippen molar-refractivity contribution in [2.45, 2.75) is 44.3 Å². The van der Waals surface area contributed by atoms with Crippen LogP contribution in [0, 0.1) is 0 Å². The van der Waals surface area contributed by atoms with Gasteiger partial charge in [-0.3, -0.25) is 4.79 Å². The summed E-state index contributed by atoms with van der Waals surface area (Å²) in [5.41, 5.74) is 0. The van der Waals surface area contributed by atoms with Gasteiger partial charge in [-0.2, -0.15) is 0 Å². The van der Waals surface area contributed by atoms with Gasteiger partial charge in [-0.15, -0.1) is 10.2 Å². The van der Waals surface area contributed by atoms with Crippen LogP contribution in [0.1, 0.15) is 44.9 Å². The van der Waals surface area contributed by atoms with Crippen molar-refractivity contribution in [2.24, 2.45) is 0 Å². The maximum Gasteiger partial charge on any atom is 0.277 e. The minimum absolute atomic E-state index is 0.170. The van der Waals surface area contributed by atoms with Crippen molar-refractivity contribution in [1.29, 1.82) is 0 Å². The molecule has 1 amide bonds. The first-order valence-electron chi connectivity index (χ1n) is 6.41. The molecule has 1 aromatic heterocycles. The van der Waals surface area contributed by atoms with Gasteiger partial charge in [0.1, 0.15) is 0 Å². The Bertz CT molecular complexity index is 400. The van der Waals surface area contributed by atoms with Crippen LogP contribution in [0.2, 0.25) is 0 Å². The van der Waals surface area contributed by atoms with E-state index in [1.807, 2.05) is 18.7 Å². The van der Waals surface area contributed by atoms with Crippen molar-refractivity contribution in [1.82, 2.24) is 15.1 Å². The molecule has 6 heteroatoms. The van der Waals surface area contributed by atoms with Crippen LogP contribution in [0.4, 0.5) is 0 Å². The van der Waals surface area contributed by atoms with E-state index in [2.05, 4.69) is 10.2 Å². The van der Waals surface area contributed by atoms with Gasteiger partial charge in [0.2, 0.25) is 11.8 Å². The van der Waals surface area contributed by atoms with Crippen molar-refractivity contribution < 1.29 is 9.21 Å². The molecule has 1 aliphatic heterocycles. The molecule has 1 aromatic rings. The highest BCUT2D eigenvalue weighted by Gasteiger charge is 2.18. The van der Waals surface area contributed by atoms with Gasteiger partial charge in [0.05, 0.1) is 5.75 Å². The fraction of sp³-hybridized carbons (Fsp3) is 0.750. The summed E-state index contributed by atoms with van der Waals surface area (Å²) in [4.78, 5) is 13.9. The number of thioether (sulfide) groups is 1. The van der Waals surface area contributed by atoms with Gasteiger partial charge in [0.15, 0.2) is 0 Å². The van der Waals surface area contributed by atoms with Crippen molar-refractivity contribution in [3.63, 3.8) is 0 Å². The molecule has 0 radical (unpaired) electrons. The lowest BCUT2D eigenvalue weighted by atomic mass is 10.1. The molecule has 0 N–H and O–H groups in total. The van der Waals surface area contributed by atoms with E-state index < -0.39 is 0 Å². The number of carbonyl (C=O) groups is 1. The van der Waals surface area contributed by atoms with E-state index in [9.17, 15) is 4.79 Å². The molecule has 0 saturated carbocycles. The highest BCUT2D eigenvalue weighted by atomic mass is 32.2. The predicted octanol–water partition coefficient (Wildman–Crippen LogP) is 2.30. The molecule has 0 aromatic carbocycles. The Morgan fingerprint density at radius 3 is 2.67 bits per heavy atom. The van der Waals surface area contributed by atoms with Crippen molar-refractivity contribution in [3.8, 4) is 0 Å². The van der Waals surface area contributed by atoms with Gasteiger partial charge in [-0.25, -0.2) is 0 Å². The molecular weight excluding hydrogens is 250 g/mol. The van der Waals surface area contributed by atoms with E-state index in [-0.39, 0.29) is 11.8 Å². The summed E-state index contributed by atoms with van der Waals surface area (Å²) in [5.74, 6) is 1.41. The summed E-state index contributed by atoms with van der Waals surface area (Å²) in [7, 11) is 0. The van der Waals surface area contributed by atoms with Crippen LogP contribution in [-0.2, 0) is 4.79 Å². The quantitative estimate of drug-likeness (QED) is 0.785. The van der Waals surface area contributed by atoms with Crippen LogP contribution < -0.4 is 0 Å². The number of piperidine rings is 1. The Kier molecular flexibility index (Phi) is 4.63. The number of nitrogens with zero attached hydrogens (tertiary/aromatic N) is 3. The van der Waals surface area contributed by atoms with Crippen molar-refractivity contribution >= 4 is 17.7 Å². The third-order valence-electron chi connectivity index (χ3n) is 2.94. The molecule has 1 fully saturated rings. The molecule has 5 nitrogen and oxygen atoms in total. The number of hydrogen-bond donors (Lipinski definition) is 0. The standard InChI is InChI=1S/C12H19N3O2S/c1-9(2)11-13-14-12(17-11)18-8-10(16)15-6-4-3-5-7-15/h9H,3-8H2,1-2H3. The van der Waals surface area contributed by atoms with Crippen LogP contribution in [0.25, 0.3) is 0 Å². The van der Waals surface area contributed by atoms with Crippen molar-refractivity contribution in [3.05, 3.63) is 5.89 Å². The van der Waals surface area contributed by atoms with E-state index in [0.717, 1.165) is 25.9 Å². The van der Waals surface area contributed by atoms with Crippen LogP contribution in [0.15, 0.2) is 9.64 Å². The Balaban J connectivity index is 1.81. The largest absolute Gasteiger partial charge is 0.416 e. The van der Waals surface area contributed by atoms with E-state index in [0.29, 0.717) is 16.9 Å². The summed E-state index contributed by atoms with van der Waals surface area (Å²) in [5, 5.41) is 8.36. The Morgan fingerprint density at radius 1 is 1.33 bits per heavy atom. The summed E-state index contributed by atoms with van der Waals surface area (Å²) in [6, 6.07) is 0. The lowest BCUT2D eigenvalue weighted by molar-refractivity contribution is -0.129. The molecule has 2 heterocycles. The SMILES string of the molecule is CC(C)c1nnc(SCC(=O)N2CCCCC2)o1. The first-order chi connectivity index (χ1) is 8.66. The maximum absolute atomic E-state index is 11.9. The zero-order valence-corrected chi connectivity index (χ0v) is 11.7. The van der Waals surface area contributed by atoms with Gasteiger partial charge < -0.3 is 9.32 Å². The highest BCUT2D eigenvalue weighted by molar-refractivity contribution is 7.99. The molecule has 1 aliphatic rings. The monoisotopic (exact) mass is 269 g/mol. The summed E-state index contributed by atoms with van der Waals surface area (Å²) in [6.45, 7) is 5.78. The molecule has 0 spiro atoms. The molecule has 0 aliphatic carbocycles. The number of hydrogen-bond acceptors (Lipinski definition) is 5. The number of rotatable bonds is 4. The van der Waals surface area contributed by atoms with Gasteiger partial charge in [-0.1, -0.05) is 25.6 Å². The zero-order chi connectivity index (χ0) is 13.0. The lowest BCUT2D eigenvalue weighted by Crippen LogP contribution is -2.36. The number of likely N-dealkylation sites (tertiary alicyclic amines) is 1. The minimum atomic E-state index is 0.170. The van der Waals surface area contributed by atoms with Crippen LogP contribution in [0.3, 0.4) is 0 Å². The number of aromatic nitrogens is 2. The molecule has 0 atom stereocenters. The van der Waals surface area contributed by atoms with E-state index in [4.69, 9.17) is 4.42 Å². The second-order valence-electron chi connectivity index (χ2n) is 4.79. The third kappa shape index (κ3) is 3.48. The normalized spacial score (nSPS) is 16.3. The average Bonchev–Trinajstić information content (AvgIpc) is 2.86. The number of amides is 1. The first-order valence-corrected chi connectivity index (χ1v) is 7.39. The van der Waals surface area contributed by atoms with Gasteiger partial charge in [0, 0.05) is 19.0 Å². The molecule has 1 saturated heterocycles. The maximum atomic E-state index is 11.9. The zero-order valence-electron chi connectivity index (χ0n) is 10.9. The third-order valence-corrected chi connectivity index (χ3v) is 3.75. The van der Waals surface area contributed by atoms with E-state index in [1.54, 1.807) is 0 Å². The van der Waals surface area contributed by atoms with Crippen LogP contribution >= 0.6 is 11.8 Å². The van der Waals surface area contributed by atoms with Crippen LogP contribution in [-0.4, -0.2) is 39.8 Å². The fourth-order valence-electron chi connectivity index (χ4n) is 1.87. The molecule has 100 valence electrons. The Labute approximate surface area is 111 Å². The molecule has 0 bridgehead atoms. The average molecular weight is 269 g/mol. The van der Waals surface area contributed by atoms with Crippen molar-refractivity contribution in [2.75, 3.05) is 18.8 Å². The topological polar surface area (TPSA) is 59.2 Å². The number of carbonyl (C=O) groups excluding carboxylic acids is 1. The fourth-order valence-corrected chi connectivity index (χ4v) is 2.54. The second-order valence-corrected chi connectivity index (χ2v) is 5.72. The van der Waals surface area contributed by atoms with E-state index >= 15 is 0 Å². The lowest BCUT2D eigenvalue weighted by Gasteiger charge is -2.26. The highest BCUT2D eigenvalue weighted by Crippen LogP contribution is 2.21. The second kappa shape index (κ2) is 6.22. The Morgan fingerprint density at radius 2 is 2.06 bits per heavy atom. The summed E-state index contributed by atoms with van der Waals surface area (Å²) < 4.78 is 5.45. The van der Waals surface area contributed by atoms with Gasteiger partial charge in [-0.05, 0) is 19.3 Å².